The molecule has 16 rings (SSSR count). The molecule has 2 aliphatic heterocycles. The summed E-state index contributed by atoms with van der Waals surface area (Å²) in [4.78, 5) is 4.99. The SMILES string of the molecule is [2H]c1c([2H])c([2H])c(-c2cccc(-c3c([2H])c([2H])c([2H])c([2H])c3[2H])c2-[n+]2[c-]n(-c3cccc(Oc4ccc5c6cc(-c7cc8c9c(c7)Oc7oc%10ccccc%10c7B9c7ccccc7O8)ccc6n(-c6cc(C(C)(C)C)ccn6)c5c4)c3)c3ccccc32)c([2H])c1[2H]. The van der Waals surface area contributed by atoms with Crippen LogP contribution in [0.5, 0.6) is 34.7 Å². The molecular formula is C72H49BN4O4. The van der Waals surface area contributed by atoms with Crippen LogP contribution >= 0.6 is 0 Å². The highest BCUT2D eigenvalue weighted by atomic mass is 16.6. The summed E-state index contributed by atoms with van der Waals surface area (Å²) in [7, 11) is 0. The quantitative estimate of drug-likeness (QED) is 0.0862. The van der Waals surface area contributed by atoms with E-state index in [0.717, 1.165) is 77.4 Å². The minimum atomic E-state index is -0.577. The van der Waals surface area contributed by atoms with Crippen molar-refractivity contribution in [2.24, 2.45) is 0 Å². The fraction of sp³-hybridized carbons (Fsp3) is 0.0556. The van der Waals surface area contributed by atoms with E-state index < -0.39 is 60.4 Å². The molecule has 0 fully saturated rings. The van der Waals surface area contributed by atoms with Gasteiger partial charge in [0.1, 0.15) is 40.1 Å². The van der Waals surface area contributed by atoms with Crippen molar-refractivity contribution >= 4 is 66.9 Å². The predicted molar refractivity (Wildman–Crippen MR) is 325 cm³/mol. The first kappa shape index (κ1) is 37.4. The third kappa shape index (κ3) is 7.60. The summed E-state index contributed by atoms with van der Waals surface area (Å²) >= 11 is 0. The fourth-order valence-electron chi connectivity index (χ4n) is 11.8. The number of hydrogen-bond donors (Lipinski definition) is 0. The lowest BCUT2D eigenvalue weighted by Gasteiger charge is -2.31. The topological polar surface area (TPSA) is 67.5 Å². The molecule has 0 spiro atoms. The van der Waals surface area contributed by atoms with Gasteiger partial charge in [-0.05, 0) is 129 Å². The summed E-state index contributed by atoms with van der Waals surface area (Å²) < 4.78 is 120. The monoisotopic (exact) mass is 1050 g/mol. The largest absolute Gasteiger partial charge is 0.458 e. The molecule has 0 aliphatic carbocycles. The maximum absolute atomic E-state index is 9.11. The summed E-state index contributed by atoms with van der Waals surface area (Å²) in [6.45, 7) is 6.37. The lowest BCUT2D eigenvalue weighted by molar-refractivity contribution is -0.571. The molecule has 6 heterocycles. The highest BCUT2D eigenvalue weighted by molar-refractivity contribution is 6.99. The Hall–Kier alpha value is -10.4. The molecule has 4 aromatic heterocycles. The molecule has 0 atom stereocenters. The van der Waals surface area contributed by atoms with Gasteiger partial charge in [0.05, 0.1) is 47.1 Å². The predicted octanol–water partition coefficient (Wildman–Crippen LogP) is 15.8. The molecule has 14 aromatic rings. The van der Waals surface area contributed by atoms with Gasteiger partial charge in [-0.25, -0.2) is 4.98 Å². The van der Waals surface area contributed by atoms with Gasteiger partial charge in [-0.15, -0.1) is 0 Å². The van der Waals surface area contributed by atoms with Crippen LogP contribution in [0.2, 0.25) is 0 Å². The second-order valence-corrected chi connectivity index (χ2v) is 21.3. The van der Waals surface area contributed by atoms with Crippen LogP contribution in [0.3, 0.4) is 0 Å². The van der Waals surface area contributed by atoms with Crippen LogP contribution in [0, 0.1) is 6.33 Å². The van der Waals surface area contributed by atoms with Crippen molar-refractivity contribution in [1.82, 2.24) is 14.1 Å². The van der Waals surface area contributed by atoms with Crippen molar-refractivity contribution in [3.8, 4) is 85.3 Å². The Labute approximate surface area is 482 Å². The maximum atomic E-state index is 9.11. The van der Waals surface area contributed by atoms with Crippen molar-refractivity contribution in [3.63, 3.8) is 0 Å². The molecule has 0 N–H and O–H groups in total. The second kappa shape index (κ2) is 18.1. The van der Waals surface area contributed by atoms with Gasteiger partial charge in [-0.1, -0.05) is 172 Å². The molecule has 0 unspecified atom stereocenters. The molecule has 10 aromatic carbocycles. The first-order chi connectivity index (χ1) is 43.9. The Morgan fingerprint density at radius 2 is 1.28 bits per heavy atom. The van der Waals surface area contributed by atoms with Crippen LogP contribution < -0.4 is 35.2 Å². The number of fused-ring (bicyclic) bond motifs is 10. The Kier molecular flexibility index (Phi) is 8.36. The number of rotatable bonds is 8. The standard InChI is InChI=1S/C72H49BN4O4/c1-72(2,3)49-36-37-74-67(41-49)77-59-35-32-47(48-39-65-69-66(40-48)81-71-68(56-24-10-14-30-63(56)80-71)73(69)58-27-11-15-31-64(58)79-65)38-57(59)55-34-33-52(43-62(55)77)78-51-23-16-22-50(42-51)75-44-76(61-29-13-12-28-60(61)75)70-53(45-18-6-4-7-19-45)25-17-26-54(70)46-20-8-5-9-21-46/h4-43H,1-3H3/i4D,5D,6D,7D,8D,9D,18D,19D,20D,21D. The minimum absolute atomic E-state index is 0.144. The van der Waals surface area contributed by atoms with E-state index in [9.17, 15) is 0 Å². The summed E-state index contributed by atoms with van der Waals surface area (Å²) in [5.41, 5.74) is 10.2. The molecule has 8 nitrogen and oxygen atoms in total. The lowest BCUT2D eigenvalue weighted by Crippen LogP contribution is -2.57. The van der Waals surface area contributed by atoms with E-state index in [0.29, 0.717) is 45.7 Å². The van der Waals surface area contributed by atoms with Crippen molar-refractivity contribution in [2.75, 3.05) is 0 Å². The van der Waals surface area contributed by atoms with E-state index in [1.807, 2.05) is 109 Å². The average Bonchev–Trinajstić information content (AvgIpc) is 1.72. The van der Waals surface area contributed by atoms with Crippen molar-refractivity contribution in [3.05, 3.63) is 254 Å². The van der Waals surface area contributed by atoms with E-state index in [4.69, 9.17) is 37.3 Å². The summed E-state index contributed by atoms with van der Waals surface area (Å²) in [6, 6.07) is 51.3. The van der Waals surface area contributed by atoms with Gasteiger partial charge < -0.3 is 18.6 Å². The molecule has 9 heteroatoms. The number of hydrogen-bond acceptors (Lipinski definition) is 5. The normalized spacial score (nSPS) is 14.3. The van der Waals surface area contributed by atoms with E-state index in [1.165, 1.54) is 0 Å². The van der Waals surface area contributed by atoms with Gasteiger partial charge >= 0.3 is 0 Å². The molecule has 384 valence electrons. The zero-order valence-corrected chi connectivity index (χ0v) is 43.8. The Balaban J connectivity index is 0.821. The summed E-state index contributed by atoms with van der Waals surface area (Å²) in [5, 5.41) is 2.93. The van der Waals surface area contributed by atoms with E-state index >= 15 is 0 Å². The van der Waals surface area contributed by atoms with Crippen molar-refractivity contribution < 1.29 is 36.9 Å². The summed E-state index contributed by atoms with van der Waals surface area (Å²) in [6.07, 6.45) is 5.32. The third-order valence-electron chi connectivity index (χ3n) is 15.5. The number of imidazole rings is 1. The van der Waals surface area contributed by atoms with E-state index in [-0.39, 0.29) is 40.1 Å². The number of para-hydroxylation sites is 5. The van der Waals surface area contributed by atoms with E-state index in [2.05, 4.69) is 86.3 Å². The van der Waals surface area contributed by atoms with Gasteiger partial charge in [0, 0.05) is 39.3 Å². The Morgan fingerprint density at radius 3 is 2.10 bits per heavy atom. The second-order valence-electron chi connectivity index (χ2n) is 21.3. The first-order valence-corrected chi connectivity index (χ1v) is 26.6. The zero-order valence-electron chi connectivity index (χ0n) is 53.8. The highest BCUT2D eigenvalue weighted by Gasteiger charge is 2.43. The van der Waals surface area contributed by atoms with Crippen molar-refractivity contribution in [2.45, 2.75) is 26.2 Å². The van der Waals surface area contributed by atoms with Gasteiger partial charge in [0.25, 0.3) is 19.0 Å². The van der Waals surface area contributed by atoms with Gasteiger partial charge in [0.2, 0.25) is 0 Å². The van der Waals surface area contributed by atoms with Gasteiger partial charge in [0.15, 0.2) is 0 Å². The molecule has 81 heavy (non-hydrogen) atoms. The third-order valence-corrected chi connectivity index (χ3v) is 15.5. The number of benzene rings is 10. The number of ether oxygens (including phenoxy) is 3. The molecule has 0 radical (unpaired) electrons. The lowest BCUT2D eigenvalue weighted by atomic mass is 9.35. The summed E-state index contributed by atoms with van der Waals surface area (Å²) in [5.74, 6) is 4.37. The Bertz CT molecular complexity index is 5360. The molecule has 0 amide bonds. The van der Waals surface area contributed by atoms with Gasteiger partial charge in [-0.3, -0.25) is 13.7 Å². The molecule has 0 saturated heterocycles. The highest BCUT2D eigenvalue weighted by Crippen LogP contribution is 2.43. The van der Waals surface area contributed by atoms with Crippen LogP contribution in [-0.2, 0) is 5.41 Å². The van der Waals surface area contributed by atoms with Crippen LogP contribution in [0.1, 0.15) is 40.0 Å². The number of aromatic nitrogens is 4. The number of nitrogens with zero attached hydrogens (tertiary/aromatic N) is 4. The average molecular weight is 1060 g/mol. The first-order valence-electron chi connectivity index (χ1n) is 31.6. The maximum Gasteiger partial charge on any atom is 0.285 e. The minimum Gasteiger partial charge on any atom is -0.458 e. The number of pyridine rings is 1. The smallest absolute Gasteiger partial charge is 0.285 e. The van der Waals surface area contributed by atoms with Gasteiger partial charge in [-0.2, -0.15) is 0 Å². The Morgan fingerprint density at radius 1 is 0.556 bits per heavy atom. The number of furan rings is 1. The van der Waals surface area contributed by atoms with E-state index in [1.54, 1.807) is 27.3 Å². The molecule has 0 saturated carbocycles. The van der Waals surface area contributed by atoms with Crippen LogP contribution in [0.25, 0.3) is 94.4 Å². The van der Waals surface area contributed by atoms with Crippen LogP contribution in [0.4, 0.5) is 0 Å². The van der Waals surface area contributed by atoms with Crippen molar-refractivity contribution in [1.29, 1.82) is 0 Å². The molecule has 0 bridgehead atoms. The fourth-order valence-corrected chi connectivity index (χ4v) is 11.8. The zero-order chi connectivity index (χ0) is 62.6. The molecule has 2 aliphatic rings. The van der Waals surface area contributed by atoms with Crippen LogP contribution in [0.15, 0.2) is 247 Å². The molecular weight excluding hydrogens is 996 g/mol. The van der Waals surface area contributed by atoms with Crippen LogP contribution in [-0.4, -0.2) is 20.8 Å².